The lowest BCUT2D eigenvalue weighted by Crippen LogP contribution is -2.47. The Morgan fingerprint density at radius 2 is 1.95 bits per heavy atom. The van der Waals surface area contributed by atoms with Gasteiger partial charge in [0, 0.05) is 4.47 Å². The summed E-state index contributed by atoms with van der Waals surface area (Å²) in [6.45, 7) is 9.16. The normalized spacial score (nSPS) is 13.2. The molecule has 0 saturated heterocycles. The molecule has 1 heterocycles. The molecule has 0 fully saturated rings. The van der Waals surface area contributed by atoms with E-state index in [2.05, 4.69) is 21.2 Å². The van der Waals surface area contributed by atoms with E-state index < -0.39 is 17.6 Å². The van der Waals surface area contributed by atoms with E-state index in [0.717, 1.165) is 4.47 Å². The zero-order chi connectivity index (χ0) is 15.5. The standard InChI is InChI=1S/C14H20BrNO3S/c1-8(2)10(13(18)19-14(3,4)5)16-12(17)11-9(15)6-7-20-11/h6-8,10H,1-5H3,(H,16,17)/t10-/m1/s1. The lowest BCUT2D eigenvalue weighted by molar-refractivity contribution is -0.158. The Bertz CT molecular complexity index is 491. The molecule has 0 bridgehead atoms. The number of carbonyl (C=O) groups excluding carboxylic acids is 2. The van der Waals surface area contributed by atoms with E-state index in [4.69, 9.17) is 4.74 Å². The van der Waals surface area contributed by atoms with Crippen molar-refractivity contribution in [3.05, 3.63) is 20.8 Å². The third-order valence-electron chi connectivity index (χ3n) is 2.44. The third kappa shape index (κ3) is 4.90. The van der Waals surface area contributed by atoms with E-state index in [1.165, 1.54) is 11.3 Å². The summed E-state index contributed by atoms with van der Waals surface area (Å²) in [5.41, 5.74) is -0.571. The molecule has 112 valence electrons. The van der Waals surface area contributed by atoms with Gasteiger partial charge in [-0.15, -0.1) is 11.3 Å². The van der Waals surface area contributed by atoms with Gasteiger partial charge in [0.25, 0.3) is 5.91 Å². The van der Waals surface area contributed by atoms with Crippen LogP contribution >= 0.6 is 27.3 Å². The maximum Gasteiger partial charge on any atom is 0.329 e. The van der Waals surface area contributed by atoms with E-state index in [9.17, 15) is 9.59 Å². The number of ether oxygens (including phenoxy) is 1. The SMILES string of the molecule is CC(C)[C@@H](NC(=O)c1sccc1Br)C(=O)OC(C)(C)C. The zero-order valence-electron chi connectivity index (χ0n) is 12.3. The first-order valence-corrected chi connectivity index (χ1v) is 8.06. The quantitative estimate of drug-likeness (QED) is 0.833. The highest BCUT2D eigenvalue weighted by atomic mass is 79.9. The number of carbonyl (C=O) groups is 2. The number of amides is 1. The van der Waals surface area contributed by atoms with Crippen molar-refractivity contribution in [2.45, 2.75) is 46.3 Å². The van der Waals surface area contributed by atoms with Gasteiger partial charge in [-0.1, -0.05) is 13.8 Å². The summed E-state index contributed by atoms with van der Waals surface area (Å²) in [5.74, 6) is -0.725. The Kier molecular flexibility index (Phi) is 5.77. The molecule has 4 nitrogen and oxygen atoms in total. The monoisotopic (exact) mass is 361 g/mol. The molecule has 0 aliphatic rings. The number of hydrogen-bond donors (Lipinski definition) is 1. The number of thiophene rings is 1. The van der Waals surface area contributed by atoms with Crippen molar-refractivity contribution in [1.29, 1.82) is 0 Å². The van der Waals surface area contributed by atoms with Crippen LogP contribution < -0.4 is 5.32 Å². The molecule has 1 aromatic rings. The van der Waals surface area contributed by atoms with Gasteiger partial charge in [0.15, 0.2) is 0 Å². The first-order valence-electron chi connectivity index (χ1n) is 6.38. The Balaban J connectivity index is 2.81. The molecule has 6 heteroatoms. The average molecular weight is 362 g/mol. The first kappa shape index (κ1) is 17.2. The molecule has 1 aromatic heterocycles. The predicted molar refractivity (Wildman–Crippen MR) is 84.0 cm³/mol. The minimum Gasteiger partial charge on any atom is -0.458 e. The van der Waals surface area contributed by atoms with Gasteiger partial charge < -0.3 is 10.1 Å². The Labute approximate surface area is 132 Å². The van der Waals surface area contributed by atoms with Crippen LogP contribution in [0, 0.1) is 5.92 Å². The summed E-state index contributed by atoms with van der Waals surface area (Å²) in [5, 5.41) is 4.57. The smallest absolute Gasteiger partial charge is 0.329 e. The van der Waals surface area contributed by atoms with Crippen LogP contribution in [-0.4, -0.2) is 23.5 Å². The lowest BCUT2D eigenvalue weighted by Gasteiger charge is -2.26. The van der Waals surface area contributed by atoms with Gasteiger partial charge in [-0.2, -0.15) is 0 Å². The van der Waals surface area contributed by atoms with Crippen LogP contribution in [0.25, 0.3) is 0 Å². The largest absolute Gasteiger partial charge is 0.458 e. The van der Waals surface area contributed by atoms with Gasteiger partial charge in [-0.3, -0.25) is 4.79 Å². The van der Waals surface area contributed by atoms with Crippen molar-refractivity contribution in [3.8, 4) is 0 Å². The fourth-order valence-electron chi connectivity index (χ4n) is 1.53. The molecule has 0 saturated carbocycles. The van der Waals surface area contributed by atoms with Crippen molar-refractivity contribution in [3.63, 3.8) is 0 Å². The molecule has 0 spiro atoms. The minimum atomic E-state index is -0.657. The van der Waals surface area contributed by atoms with E-state index in [1.54, 1.807) is 26.8 Å². The molecule has 0 aromatic carbocycles. The summed E-state index contributed by atoms with van der Waals surface area (Å²) < 4.78 is 6.08. The highest BCUT2D eigenvalue weighted by molar-refractivity contribution is 9.10. The molecule has 1 amide bonds. The zero-order valence-corrected chi connectivity index (χ0v) is 14.7. The summed E-state index contributed by atoms with van der Waals surface area (Å²) >= 11 is 4.64. The van der Waals surface area contributed by atoms with Crippen LogP contribution in [0.5, 0.6) is 0 Å². The van der Waals surface area contributed by atoms with Crippen LogP contribution in [0.1, 0.15) is 44.3 Å². The Hall–Kier alpha value is -0.880. The molecule has 1 N–H and O–H groups in total. The molecule has 0 aliphatic carbocycles. The van der Waals surface area contributed by atoms with Crippen LogP contribution in [0.2, 0.25) is 0 Å². The van der Waals surface area contributed by atoms with E-state index in [1.807, 2.05) is 19.2 Å². The highest BCUT2D eigenvalue weighted by Gasteiger charge is 2.30. The van der Waals surface area contributed by atoms with Gasteiger partial charge in [0.05, 0.1) is 0 Å². The minimum absolute atomic E-state index is 0.0486. The van der Waals surface area contributed by atoms with E-state index >= 15 is 0 Å². The summed E-state index contributed by atoms with van der Waals surface area (Å²) in [6, 6.07) is 1.15. The molecule has 1 rings (SSSR count). The molecule has 0 radical (unpaired) electrons. The van der Waals surface area contributed by atoms with Gasteiger partial charge in [0.1, 0.15) is 16.5 Å². The Morgan fingerprint density at radius 3 is 2.35 bits per heavy atom. The van der Waals surface area contributed by atoms with Crippen LogP contribution in [0.3, 0.4) is 0 Å². The van der Waals surface area contributed by atoms with Gasteiger partial charge in [0.2, 0.25) is 0 Å². The first-order chi connectivity index (χ1) is 9.11. The number of esters is 1. The van der Waals surface area contributed by atoms with Crippen molar-refractivity contribution in [2.75, 3.05) is 0 Å². The lowest BCUT2D eigenvalue weighted by atomic mass is 10.0. The maximum atomic E-state index is 12.2. The maximum absolute atomic E-state index is 12.2. The molecule has 0 unspecified atom stereocenters. The summed E-state index contributed by atoms with van der Waals surface area (Å²) in [6.07, 6.45) is 0. The van der Waals surface area contributed by atoms with Gasteiger partial charge in [-0.25, -0.2) is 4.79 Å². The number of nitrogens with one attached hydrogen (secondary N) is 1. The van der Waals surface area contributed by atoms with Crippen molar-refractivity contribution >= 4 is 39.1 Å². The summed E-state index contributed by atoms with van der Waals surface area (Å²) in [4.78, 5) is 24.9. The topological polar surface area (TPSA) is 55.4 Å². The highest BCUT2D eigenvalue weighted by Crippen LogP contribution is 2.23. The summed E-state index contributed by atoms with van der Waals surface area (Å²) in [7, 11) is 0. The number of rotatable bonds is 4. The molecule has 20 heavy (non-hydrogen) atoms. The predicted octanol–water partition coefficient (Wildman–Crippen LogP) is 3.61. The van der Waals surface area contributed by atoms with Gasteiger partial charge in [-0.05, 0) is 54.1 Å². The average Bonchev–Trinajstić information content (AvgIpc) is 2.69. The molecular formula is C14H20BrNO3S. The second-order valence-electron chi connectivity index (χ2n) is 5.83. The van der Waals surface area contributed by atoms with Crippen molar-refractivity contribution < 1.29 is 14.3 Å². The second-order valence-corrected chi connectivity index (χ2v) is 7.60. The third-order valence-corrected chi connectivity index (χ3v) is 4.27. The van der Waals surface area contributed by atoms with E-state index in [-0.39, 0.29) is 11.8 Å². The Morgan fingerprint density at radius 1 is 1.35 bits per heavy atom. The fraction of sp³-hybridized carbons (Fsp3) is 0.571. The van der Waals surface area contributed by atoms with Gasteiger partial charge >= 0.3 is 5.97 Å². The van der Waals surface area contributed by atoms with Crippen molar-refractivity contribution in [1.82, 2.24) is 5.32 Å². The van der Waals surface area contributed by atoms with Crippen LogP contribution in [0.15, 0.2) is 15.9 Å². The van der Waals surface area contributed by atoms with E-state index in [0.29, 0.717) is 4.88 Å². The number of halogens is 1. The van der Waals surface area contributed by atoms with Crippen LogP contribution in [0.4, 0.5) is 0 Å². The molecular weight excluding hydrogens is 342 g/mol. The fourth-order valence-corrected chi connectivity index (χ4v) is 2.98. The van der Waals surface area contributed by atoms with Crippen LogP contribution in [-0.2, 0) is 9.53 Å². The second kappa shape index (κ2) is 6.72. The molecule has 0 aliphatic heterocycles. The molecule has 1 atom stereocenters. The number of hydrogen-bond acceptors (Lipinski definition) is 4. The van der Waals surface area contributed by atoms with Crippen molar-refractivity contribution in [2.24, 2.45) is 5.92 Å².